The number of non-ortho nitro benzene ring substituents is 1. The number of carbonyl (C=O) groups excluding carboxylic acids is 1. The van der Waals surface area contributed by atoms with E-state index >= 15 is 0 Å². The summed E-state index contributed by atoms with van der Waals surface area (Å²) in [6.07, 6.45) is 0. The molecule has 0 aliphatic carbocycles. The van der Waals surface area contributed by atoms with Gasteiger partial charge in [0.1, 0.15) is 0 Å². The summed E-state index contributed by atoms with van der Waals surface area (Å²) in [5.74, 6) is -0.0734. The van der Waals surface area contributed by atoms with Crippen LogP contribution in [0.3, 0.4) is 0 Å². The number of rotatable bonds is 7. The summed E-state index contributed by atoms with van der Waals surface area (Å²) >= 11 is 1.61. The van der Waals surface area contributed by atoms with E-state index in [1.807, 2.05) is 49.4 Å². The van der Waals surface area contributed by atoms with Gasteiger partial charge in [0.15, 0.2) is 0 Å². The van der Waals surface area contributed by atoms with Crippen LogP contribution in [0.2, 0.25) is 0 Å². The van der Waals surface area contributed by atoms with Gasteiger partial charge in [-0.25, -0.2) is 0 Å². The highest BCUT2D eigenvalue weighted by molar-refractivity contribution is 7.10. The molecule has 0 fully saturated rings. The number of carbonyl (C=O) groups is 1. The standard InChI is InChI=1S/C17H21N3O3S/c1-12(16-8-5-9-24-16)18-17(21)11-19(3)13(2)14-6-4-7-15(10-14)20(22)23/h4-10,12-13H,11H2,1-3H3,(H,18,21)/t12-,13+/m0/s1. The topological polar surface area (TPSA) is 75.5 Å². The Kier molecular flexibility index (Phi) is 6.05. The number of nitrogens with zero attached hydrogens (tertiary/aromatic N) is 2. The van der Waals surface area contributed by atoms with Gasteiger partial charge < -0.3 is 5.32 Å². The summed E-state index contributed by atoms with van der Waals surface area (Å²) < 4.78 is 0. The van der Waals surface area contributed by atoms with Crippen molar-refractivity contribution in [2.45, 2.75) is 25.9 Å². The van der Waals surface area contributed by atoms with Gasteiger partial charge >= 0.3 is 0 Å². The van der Waals surface area contributed by atoms with Gasteiger partial charge in [-0.3, -0.25) is 19.8 Å². The Balaban J connectivity index is 1.95. The van der Waals surface area contributed by atoms with Gasteiger partial charge in [0, 0.05) is 23.1 Å². The summed E-state index contributed by atoms with van der Waals surface area (Å²) in [7, 11) is 1.83. The average molecular weight is 347 g/mol. The number of nitro groups is 1. The van der Waals surface area contributed by atoms with Crippen LogP contribution < -0.4 is 5.32 Å². The van der Waals surface area contributed by atoms with Crippen molar-refractivity contribution >= 4 is 22.9 Å². The fourth-order valence-electron chi connectivity index (χ4n) is 2.41. The molecule has 0 radical (unpaired) electrons. The predicted octanol–water partition coefficient (Wildman–Crippen LogP) is 3.53. The molecule has 2 aromatic rings. The van der Waals surface area contributed by atoms with E-state index in [-0.39, 0.29) is 30.2 Å². The molecule has 1 amide bonds. The lowest BCUT2D eigenvalue weighted by Gasteiger charge is -2.25. The normalized spacial score (nSPS) is 13.5. The molecule has 128 valence electrons. The zero-order valence-corrected chi connectivity index (χ0v) is 14.7. The van der Waals surface area contributed by atoms with Gasteiger partial charge in [-0.15, -0.1) is 11.3 Å². The maximum atomic E-state index is 12.2. The van der Waals surface area contributed by atoms with Gasteiger partial charge in [0.05, 0.1) is 17.5 Å². The second-order valence-corrected chi connectivity index (χ2v) is 6.73. The molecule has 0 aliphatic rings. The van der Waals surface area contributed by atoms with Crippen LogP contribution in [0.25, 0.3) is 0 Å². The van der Waals surface area contributed by atoms with Crippen LogP contribution in [0, 0.1) is 10.1 Å². The number of likely N-dealkylation sites (N-methyl/N-ethyl adjacent to an activating group) is 1. The van der Waals surface area contributed by atoms with Crippen molar-refractivity contribution < 1.29 is 9.72 Å². The first-order valence-electron chi connectivity index (χ1n) is 7.66. The summed E-state index contributed by atoms with van der Waals surface area (Å²) in [6, 6.07) is 10.3. The van der Waals surface area contributed by atoms with Crippen molar-refractivity contribution in [1.82, 2.24) is 10.2 Å². The Bertz CT molecular complexity index is 703. The molecule has 0 saturated carbocycles. The monoisotopic (exact) mass is 347 g/mol. The van der Waals surface area contributed by atoms with E-state index in [0.717, 1.165) is 10.4 Å². The SMILES string of the molecule is C[C@H](NC(=O)CN(C)[C@H](C)c1cccc([N+](=O)[O-])c1)c1cccs1. The van der Waals surface area contributed by atoms with Crippen LogP contribution >= 0.6 is 11.3 Å². The summed E-state index contributed by atoms with van der Waals surface area (Å²) in [6.45, 7) is 4.10. The van der Waals surface area contributed by atoms with Crippen LogP contribution in [0.5, 0.6) is 0 Å². The number of nitrogens with one attached hydrogen (secondary N) is 1. The van der Waals surface area contributed by atoms with E-state index in [4.69, 9.17) is 0 Å². The molecule has 0 bridgehead atoms. The molecule has 1 N–H and O–H groups in total. The van der Waals surface area contributed by atoms with Crippen LogP contribution in [-0.4, -0.2) is 29.3 Å². The predicted molar refractivity (Wildman–Crippen MR) is 95.0 cm³/mol. The fraction of sp³-hybridized carbons (Fsp3) is 0.353. The van der Waals surface area contributed by atoms with E-state index in [1.54, 1.807) is 23.5 Å². The molecule has 1 aromatic carbocycles. The molecule has 24 heavy (non-hydrogen) atoms. The maximum Gasteiger partial charge on any atom is 0.269 e. The first kappa shape index (κ1) is 18.1. The van der Waals surface area contributed by atoms with Crippen molar-refractivity contribution in [3.8, 4) is 0 Å². The molecular formula is C17H21N3O3S. The molecule has 2 atom stereocenters. The Morgan fingerprint density at radius 2 is 2.08 bits per heavy atom. The van der Waals surface area contributed by atoms with Crippen LogP contribution in [0.1, 0.15) is 36.4 Å². The third-order valence-corrected chi connectivity index (χ3v) is 5.02. The number of benzene rings is 1. The number of hydrogen-bond donors (Lipinski definition) is 1. The van der Waals surface area contributed by atoms with Crippen molar-refractivity contribution in [3.63, 3.8) is 0 Å². The smallest absolute Gasteiger partial charge is 0.269 e. The highest BCUT2D eigenvalue weighted by Gasteiger charge is 2.18. The average Bonchev–Trinajstić information content (AvgIpc) is 3.08. The van der Waals surface area contributed by atoms with Gasteiger partial charge in [-0.1, -0.05) is 18.2 Å². The highest BCUT2D eigenvalue weighted by atomic mass is 32.1. The summed E-state index contributed by atoms with van der Waals surface area (Å²) in [5.41, 5.74) is 0.870. The molecule has 1 heterocycles. The molecule has 0 unspecified atom stereocenters. The Hall–Kier alpha value is -2.25. The molecule has 0 saturated heterocycles. The molecule has 1 aromatic heterocycles. The zero-order valence-electron chi connectivity index (χ0n) is 13.9. The van der Waals surface area contributed by atoms with E-state index < -0.39 is 4.92 Å². The molecule has 7 heteroatoms. The third kappa shape index (κ3) is 4.62. The summed E-state index contributed by atoms with van der Waals surface area (Å²) in [4.78, 5) is 25.7. The highest BCUT2D eigenvalue weighted by Crippen LogP contribution is 2.23. The Morgan fingerprint density at radius 3 is 2.71 bits per heavy atom. The third-order valence-electron chi connectivity index (χ3n) is 3.97. The van der Waals surface area contributed by atoms with Gasteiger partial charge in [0.25, 0.3) is 5.69 Å². The van der Waals surface area contributed by atoms with E-state index in [1.165, 1.54) is 6.07 Å². The maximum absolute atomic E-state index is 12.2. The van der Waals surface area contributed by atoms with Gasteiger partial charge in [0.2, 0.25) is 5.91 Å². The van der Waals surface area contributed by atoms with E-state index in [0.29, 0.717) is 0 Å². The molecule has 0 spiro atoms. The Morgan fingerprint density at radius 1 is 1.33 bits per heavy atom. The van der Waals surface area contributed by atoms with Crippen molar-refractivity contribution in [3.05, 3.63) is 62.3 Å². The van der Waals surface area contributed by atoms with Crippen LogP contribution in [0.4, 0.5) is 5.69 Å². The van der Waals surface area contributed by atoms with Crippen molar-refractivity contribution in [2.24, 2.45) is 0 Å². The Labute approximate surface area is 145 Å². The van der Waals surface area contributed by atoms with E-state index in [9.17, 15) is 14.9 Å². The second kappa shape index (κ2) is 8.03. The number of hydrogen-bond acceptors (Lipinski definition) is 5. The van der Waals surface area contributed by atoms with Crippen molar-refractivity contribution in [2.75, 3.05) is 13.6 Å². The first-order valence-corrected chi connectivity index (χ1v) is 8.53. The van der Waals surface area contributed by atoms with Gasteiger partial charge in [-0.05, 0) is 37.9 Å². The lowest BCUT2D eigenvalue weighted by atomic mass is 10.1. The molecule has 2 rings (SSSR count). The minimum atomic E-state index is -0.411. The van der Waals surface area contributed by atoms with Crippen molar-refractivity contribution in [1.29, 1.82) is 0 Å². The lowest BCUT2D eigenvalue weighted by Crippen LogP contribution is -2.37. The fourth-order valence-corrected chi connectivity index (χ4v) is 3.15. The minimum Gasteiger partial charge on any atom is -0.348 e. The van der Waals surface area contributed by atoms with Gasteiger partial charge in [-0.2, -0.15) is 0 Å². The zero-order chi connectivity index (χ0) is 17.7. The molecule has 6 nitrogen and oxygen atoms in total. The van der Waals surface area contributed by atoms with Crippen LogP contribution in [0.15, 0.2) is 41.8 Å². The lowest BCUT2D eigenvalue weighted by molar-refractivity contribution is -0.384. The van der Waals surface area contributed by atoms with E-state index in [2.05, 4.69) is 5.32 Å². The number of thiophene rings is 1. The largest absolute Gasteiger partial charge is 0.348 e. The molecular weight excluding hydrogens is 326 g/mol. The summed E-state index contributed by atoms with van der Waals surface area (Å²) in [5, 5.41) is 15.8. The van der Waals surface area contributed by atoms with Crippen LogP contribution in [-0.2, 0) is 4.79 Å². The number of nitro benzene ring substituents is 1. The minimum absolute atomic E-state index is 0.0287. The quantitative estimate of drug-likeness (QED) is 0.614. The molecule has 0 aliphatic heterocycles. The first-order chi connectivity index (χ1) is 11.4. The second-order valence-electron chi connectivity index (χ2n) is 5.75. The number of amides is 1.